The van der Waals surface area contributed by atoms with Crippen LogP contribution < -0.4 is 10.2 Å². The maximum Gasteiger partial charge on any atom is 0.230 e. The van der Waals surface area contributed by atoms with Crippen LogP contribution in [0.15, 0.2) is 0 Å². The van der Waals surface area contributed by atoms with E-state index in [9.17, 15) is 0 Å². The molecule has 2 atom stereocenters. The van der Waals surface area contributed by atoms with Crippen LogP contribution in [-0.4, -0.2) is 35.1 Å². The number of aromatic nitrogens is 3. The second-order valence-corrected chi connectivity index (χ2v) is 5.00. The van der Waals surface area contributed by atoms with E-state index in [1.165, 1.54) is 19.3 Å². The standard InChI is InChI=1S/C11H18ClN5/c1-4-5-7-6-8(7)13-10-14-9(12)15-11(16-10)17(2)3/h7-8H,4-6H2,1-3H3,(H,13,14,15,16). The Labute approximate surface area is 107 Å². The molecule has 6 heteroatoms. The molecule has 0 aromatic carbocycles. The Morgan fingerprint density at radius 2 is 2.12 bits per heavy atom. The molecule has 1 aliphatic carbocycles. The van der Waals surface area contributed by atoms with Crippen molar-refractivity contribution < 1.29 is 0 Å². The molecule has 5 nitrogen and oxygen atoms in total. The van der Waals surface area contributed by atoms with Crippen molar-refractivity contribution >= 4 is 23.5 Å². The van der Waals surface area contributed by atoms with Crippen molar-refractivity contribution in [2.75, 3.05) is 24.3 Å². The number of hydrogen-bond acceptors (Lipinski definition) is 5. The molecule has 0 radical (unpaired) electrons. The normalized spacial score (nSPS) is 22.4. The Hall–Kier alpha value is -1.10. The summed E-state index contributed by atoms with van der Waals surface area (Å²) in [5.41, 5.74) is 0. The van der Waals surface area contributed by atoms with Gasteiger partial charge < -0.3 is 10.2 Å². The summed E-state index contributed by atoms with van der Waals surface area (Å²) in [6.07, 6.45) is 3.69. The zero-order chi connectivity index (χ0) is 12.4. The highest BCUT2D eigenvalue weighted by Crippen LogP contribution is 2.36. The minimum atomic E-state index is 0.235. The molecule has 1 saturated carbocycles. The lowest BCUT2D eigenvalue weighted by Gasteiger charge is -2.11. The number of rotatable bonds is 5. The molecule has 1 heterocycles. The van der Waals surface area contributed by atoms with Gasteiger partial charge in [-0.25, -0.2) is 0 Å². The van der Waals surface area contributed by atoms with Crippen molar-refractivity contribution in [1.82, 2.24) is 15.0 Å². The van der Waals surface area contributed by atoms with Crippen LogP contribution in [0.2, 0.25) is 5.28 Å². The maximum absolute atomic E-state index is 5.87. The van der Waals surface area contributed by atoms with E-state index in [1.54, 1.807) is 0 Å². The van der Waals surface area contributed by atoms with Gasteiger partial charge in [0, 0.05) is 20.1 Å². The third-order valence-electron chi connectivity index (χ3n) is 2.89. The molecule has 2 rings (SSSR count). The first-order chi connectivity index (χ1) is 8.10. The van der Waals surface area contributed by atoms with E-state index in [1.807, 2.05) is 19.0 Å². The maximum atomic E-state index is 5.87. The third kappa shape index (κ3) is 3.19. The summed E-state index contributed by atoms with van der Waals surface area (Å²) in [6.45, 7) is 2.21. The van der Waals surface area contributed by atoms with Gasteiger partial charge >= 0.3 is 0 Å². The third-order valence-corrected chi connectivity index (χ3v) is 3.06. The average Bonchev–Trinajstić information content (AvgIpc) is 2.96. The predicted molar refractivity (Wildman–Crippen MR) is 69.6 cm³/mol. The SMILES string of the molecule is CCCC1CC1Nc1nc(Cl)nc(N(C)C)n1. The van der Waals surface area contributed by atoms with E-state index in [-0.39, 0.29) is 5.28 Å². The Balaban J connectivity index is 2.01. The highest BCUT2D eigenvalue weighted by atomic mass is 35.5. The topological polar surface area (TPSA) is 53.9 Å². The van der Waals surface area contributed by atoms with Crippen LogP contribution in [0.1, 0.15) is 26.2 Å². The number of nitrogens with one attached hydrogen (secondary N) is 1. The van der Waals surface area contributed by atoms with Crippen molar-refractivity contribution in [3.05, 3.63) is 5.28 Å². The molecular weight excluding hydrogens is 238 g/mol. The van der Waals surface area contributed by atoms with Gasteiger partial charge in [-0.15, -0.1) is 0 Å². The molecule has 1 fully saturated rings. The fourth-order valence-corrected chi connectivity index (χ4v) is 2.04. The first-order valence-corrected chi connectivity index (χ1v) is 6.33. The first kappa shape index (κ1) is 12.4. The highest BCUT2D eigenvalue weighted by molar-refractivity contribution is 6.28. The summed E-state index contributed by atoms with van der Waals surface area (Å²) < 4.78 is 0. The largest absolute Gasteiger partial charge is 0.351 e. The smallest absolute Gasteiger partial charge is 0.230 e. The Kier molecular flexibility index (Phi) is 3.66. The average molecular weight is 256 g/mol. The van der Waals surface area contributed by atoms with Gasteiger partial charge in [-0.05, 0) is 30.4 Å². The van der Waals surface area contributed by atoms with Gasteiger partial charge in [-0.3, -0.25) is 0 Å². The molecule has 2 unspecified atom stereocenters. The van der Waals surface area contributed by atoms with Gasteiger partial charge in [0.15, 0.2) is 0 Å². The summed E-state index contributed by atoms with van der Waals surface area (Å²) in [7, 11) is 3.76. The van der Waals surface area contributed by atoms with Gasteiger partial charge in [0.05, 0.1) is 0 Å². The summed E-state index contributed by atoms with van der Waals surface area (Å²) in [5, 5.41) is 3.55. The second kappa shape index (κ2) is 5.04. The van der Waals surface area contributed by atoms with E-state index in [0.717, 1.165) is 5.92 Å². The number of hydrogen-bond donors (Lipinski definition) is 1. The minimum Gasteiger partial charge on any atom is -0.351 e. The summed E-state index contributed by atoms with van der Waals surface area (Å²) >= 11 is 5.87. The summed E-state index contributed by atoms with van der Waals surface area (Å²) in [4.78, 5) is 14.3. The summed E-state index contributed by atoms with van der Waals surface area (Å²) in [6, 6.07) is 0.503. The van der Waals surface area contributed by atoms with Gasteiger partial charge in [-0.1, -0.05) is 13.3 Å². The van der Waals surface area contributed by atoms with Gasteiger partial charge in [0.25, 0.3) is 0 Å². The fourth-order valence-electron chi connectivity index (χ4n) is 1.88. The molecule has 1 aromatic rings. The number of halogens is 1. The molecular formula is C11H18ClN5. The quantitative estimate of drug-likeness (QED) is 0.874. The molecule has 0 aliphatic heterocycles. The van der Waals surface area contributed by atoms with E-state index in [4.69, 9.17) is 11.6 Å². The second-order valence-electron chi connectivity index (χ2n) is 4.66. The number of nitrogens with zero attached hydrogens (tertiary/aromatic N) is 4. The van der Waals surface area contributed by atoms with Crippen LogP contribution in [0.4, 0.5) is 11.9 Å². The van der Waals surface area contributed by atoms with Crippen LogP contribution in [0.3, 0.4) is 0 Å². The zero-order valence-electron chi connectivity index (χ0n) is 10.4. The lowest BCUT2D eigenvalue weighted by molar-refractivity contribution is 0.691. The molecule has 17 heavy (non-hydrogen) atoms. The lowest BCUT2D eigenvalue weighted by atomic mass is 10.2. The fraction of sp³-hybridized carbons (Fsp3) is 0.727. The Bertz CT molecular complexity index is 395. The van der Waals surface area contributed by atoms with Crippen molar-refractivity contribution in [3.8, 4) is 0 Å². The molecule has 0 saturated heterocycles. The molecule has 1 N–H and O–H groups in total. The molecule has 0 bridgehead atoms. The first-order valence-electron chi connectivity index (χ1n) is 5.95. The van der Waals surface area contributed by atoms with Gasteiger partial charge in [0.1, 0.15) is 0 Å². The molecule has 1 aromatic heterocycles. The predicted octanol–water partition coefficient (Wildman–Crippen LogP) is 2.19. The van der Waals surface area contributed by atoms with Gasteiger partial charge in [0.2, 0.25) is 17.2 Å². The minimum absolute atomic E-state index is 0.235. The Morgan fingerprint density at radius 3 is 2.76 bits per heavy atom. The van der Waals surface area contributed by atoms with E-state index in [0.29, 0.717) is 17.9 Å². The van der Waals surface area contributed by atoms with Crippen LogP contribution in [0.5, 0.6) is 0 Å². The van der Waals surface area contributed by atoms with Crippen molar-refractivity contribution in [2.45, 2.75) is 32.2 Å². The van der Waals surface area contributed by atoms with Crippen LogP contribution in [-0.2, 0) is 0 Å². The molecule has 0 spiro atoms. The highest BCUT2D eigenvalue weighted by Gasteiger charge is 2.36. The number of anilines is 2. The van der Waals surface area contributed by atoms with Crippen LogP contribution in [0, 0.1) is 5.92 Å². The van der Waals surface area contributed by atoms with E-state index >= 15 is 0 Å². The van der Waals surface area contributed by atoms with Crippen molar-refractivity contribution in [2.24, 2.45) is 5.92 Å². The van der Waals surface area contributed by atoms with Crippen molar-refractivity contribution in [3.63, 3.8) is 0 Å². The molecule has 0 amide bonds. The van der Waals surface area contributed by atoms with E-state index < -0.39 is 0 Å². The van der Waals surface area contributed by atoms with Gasteiger partial charge in [-0.2, -0.15) is 15.0 Å². The van der Waals surface area contributed by atoms with Crippen LogP contribution >= 0.6 is 11.6 Å². The van der Waals surface area contributed by atoms with E-state index in [2.05, 4.69) is 27.2 Å². The molecule has 1 aliphatic rings. The zero-order valence-corrected chi connectivity index (χ0v) is 11.2. The Morgan fingerprint density at radius 1 is 1.35 bits per heavy atom. The summed E-state index contributed by atoms with van der Waals surface area (Å²) in [5.74, 6) is 1.93. The van der Waals surface area contributed by atoms with Crippen molar-refractivity contribution in [1.29, 1.82) is 0 Å². The molecule has 94 valence electrons. The lowest BCUT2D eigenvalue weighted by Crippen LogP contribution is -2.16. The van der Waals surface area contributed by atoms with Crippen LogP contribution in [0.25, 0.3) is 0 Å². The monoisotopic (exact) mass is 255 g/mol.